The highest BCUT2D eigenvalue weighted by atomic mass is 31.2. The van der Waals surface area contributed by atoms with Crippen molar-refractivity contribution in [2.24, 2.45) is 0 Å². The number of hydrogen-bond donors (Lipinski definition) is 3. The zero-order chi connectivity index (χ0) is 30.7. The second-order valence-electron chi connectivity index (χ2n) is 10.6. The van der Waals surface area contributed by atoms with Gasteiger partial charge in [-0.2, -0.15) is 0 Å². The van der Waals surface area contributed by atoms with E-state index in [4.69, 9.17) is 13.7 Å². The molecule has 0 fully saturated rings. The molecule has 0 spiro atoms. The minimum Gasteiger partial charge on any atom is -0.481 e. The molecule has 0 saturated carbocycles. The van der Waals surface area contributed by atoms with Gasteiger partial charge in [-0.15, -0.1) is 0 Å². The summed E-state index contributed by atoms with van der Waals surface area (Å²) in [6.07, 6.45) is 4.36. The van der Waals surface area contributed by atoms with Crippen LogP contribution in [0.2, 0.25) is 0 Å². The zero-order valence-corrected chi connectivity index (χ0v) is 26.1. The minimum absolute atomic E-state index is 0.223. The van der Waals surface area contributed by atoms with Crippen LogP contribution in [-0.4, -0.2) is 48.8 Å². The monoisotopic (exact) mass is 605 g/mol. The fraction of sp³-hybridized carbons (Fsp3) is 0.353. The maximum atomic E-state index is 13.3. The lowest BCUT2D eigenvalue weighted by Crippen LogP contribution is -2.33. The second kappa shape index (κ2) is 15.7. The Morgan fingerprint density at radius 1 is 0.953 bits per heavy atom. The highest BCUT2D eigenvalue weighted by Crippen LogP contribution is 2.50. The fourth-order valence-electron chi connectivity index (χ4n) is 4.74. The van der Waals surface area contributed by atoms with Crippen LogP contribution in [0.1, 0.15) is 56.3 Å². The van der Waals surface area contributed by atoms with Crippen LogP contribution in [-0.2, 0) is 9.32 Å². The van der Waals surface area contributed by atoms with Crippen molar-refractivity contribution >= 4 is 36.2 Å². The fourth-order valence-corrected chi connectivity index (χ4v) is 5.95. The topological polar surface area (TPSA) is 110 Å². The number of rotatable bonds is 16. The third-order valence-electron chi connectivity index (χ3n) is 7.09. The Balaban J connectivity index is 1.36. The first-order chi connectivity index (χ1) is 20.8. The van der Waals surface area contributed by atoms with Gasteiger partial charge in [0.05, 0.1) is 13.2 Å². The molecule has 3 N–H and O–H groups in total. The number of anilines is 1. The molecule has 3 aromatic carbocycles. The number of fused-ring (bicyclic) bond motifs is 1. The van der Waals surface area contributed by atoms with Gasteiger partial charge >= 0.3 is 0 Å². The SMILES string of the molecule is CCCCCCC(Oc1ccc(C(=O)NCC[P+](C)(O)OCC)cc1)C(=O)Nc1ccc(-c2cc3ccccc3o2)cc1. The first-order valence-electron chi connectivity index (χ1n) is 15.0. The van der Waals surface area contributed by atoms with Gasteiger partial charge in [-0.3, -0.25) is 9.59 Å². The predicted octanol–water partition coefficient (Wildman–Crippen LogP) is 7.69. The molecule has 0 saturated heterocycles. The number of nitrogens with one attached hydrogen (secondary N) is 2. The molecule has 0 aliphatic heterocycles. The smallest absolute Gasteiger partial charge is 0.270 e. The van der Waals surface area contributed by atoms with Crippen molar-refractivity contribution in [1.29, 1.82) is 0 Å². The van der Waals surface area contributed by atoms with E-state index in [1.54, 1.807) is 30.9 Å². The number of amides is 2. The molecular weight excluding hydrogens is 563 g/mol. The van der Waals surface area contributed by atoms with Crippen LogP contribution in [0.5, 0.6) is 5.75 Å². The minimum atomic E-state index is -2.46. The van der Waals surface area contributed by atoms with E-state index in [1.165, 1.54) is 0 Å². The molecule has 0 aliphatic carbocycles. The Morgan fingerprint density at radius 3 is 2.40 bits per heavy atom. The van der Waals surface area contributed by atoms with Gasteiger partial charge in [-0.25, -0.2) is 9.42 Å². The van der Waals surface area contributed by atoms with Gasteiger partial charge in [0.1, 0.15) is 29.9 Å². The summed E-state index contributed by atoms with van der Waals surface area (Å²) in [5, 5.41) is 6.85. The predicted molar refractivity (Wildman–Crippen MR) is 174 cm³/mol. The second-order valence-corrected chi connectivity index (χ2v) is 13.5. The van der Waals surface area contributed by atoms with Crippen molar-refractivity contribution in [2.75, 3.05) is 31.3 Å². The Kier molecular flexibility index (Phi) is 11.7. The average Bonchev–Trinajstić information content (AvgIpc) is 3.43. The van der Waals surface area contributed by atoms with Crippen molar-refractivity contribution in [3.63, 3.8) is 0 Å². The molecule has 0 radical (unpaired) electrons. The van der Waals surface area contributed by atoms with E-state index in [0.717, 1.165) is 48.0 Å². The normalized spacial score (nSPS) is 13.3. The largest absolute Gasteiger partial charge is 0.481 e. The Morgan fingerprint density at radius 2 is 1.70 bits per heavy atom. The number of hydrogen-bond acceptors (Lipinski definition) is 6. The van der Waals surface area contributed by atoms with E-state index >= 15 is 0 Å². The number of benzene rings is 3. The molecule has 8 nitrogen and oxygen atoms in total. The van der Waals surface area contributed by atoms with Crippen molar-refractivity contribution in [2.45, 2.75) is 52.1 Å². The summed E-state index contributed by atoms with van der Waals surface area (Å²) in [6, 6.07) is 24.2. The summed E-state index contributed by atoms with van der Waals surface area (Å²) in [4.78, 5) is 36.1. The van der Waals surface area contributed by atoms with Crippen LogP contribution in [0.4, 0.5) is 5.69 Å². The number of para-hydroxylation sites is 1. The maximum absolute atomic E-state index is 13.3. The molecule has 2 unspecified atom stereocenters. The van der Waals surface area contributed by atoms with Crippen molar-refractivity contribution < 1.29 is 28.2 Å². The first kappa shape index (κ1) is 32.2. The van der Waals surface area contributed by atoms with Gasteiger partial charge in [-0.05, 0) is 80.4 Å². The summed E-state index contributed by atoms with van der Waals surface area (Å²) in [5.41, 5.74) is 2.90. The molecule has 4 aromatic rings. The number of carbonyl (C=O) groups is 2. The van der Waals surface area contributed by atoms with E-state index in [-0.39, 0.29) is 11.8 Å². The van der Waals surface area contributed by atoms with Crippen molar-refractivity contribution in [3.8, 4) is 17.1 Å². The van der Waals surface area contributed by atoms with Crippen LogP contribution >= 0.6 is 7.72 Å². The number of unbranched alkanes of at least 4 members (excludes halogenated alkanes) is 3. The van der Waals surface area contributed by atoms with Gasteiger partial charge in [-0.1, -0.05) is 44.4 Å². The van der Waals surface area contributed by atoms with Gasteiger partial charge in [0.2, 0.25) is 0 Å². The van der Waals surface area contributed by atoms with Crippen molar-refractivity contribution in [1.82, 2.24) is 5.32 Å². The zero-order valence-electron chi connectivity index (χ0n) is 25.2. The molecule has 1 heterocycles. The van der Waals surface area contributed by atoms with Crippen LogP contribution in [0.25, 0.3) is 22.3 Å². The van der Waals surface area contributed by atoms with E-state index in [9.17, 15) is 14.5 Å². The number of carbonyl (C=O) groups excluding carboxylic acids is 2. The van der Waals surface area contributed by atoms with Crippen LogP contribution in [0.15, 0.2) is 83.3 Å². The summed E-state index contributed by atoms with van der Waals surface area (Å²) < 4.78 is 17.5. The lowest BCUT2D eigenvalue weighted by Gasteiger charge is -2.19. The molecule has 43 heavy (non-hydrogen) atoms. The van der Waals surface area contributed by atoms with Crippen LogP contribution in [0, 0.1) is 0 Å². The summed E-state index contributed by atoms with van der Waals surface area (Å²) in [7, 11) is -2.46. The van der Waals surface area contributed by atoms with Crippen LogP contribution < -0.4 is 15.4 Å². The highest BCUT2D eigenvalue weighted by Gasteiger charge is 2.29. The van der Waals surface area contributed by atoms with Gasteiger partial charge in [0.25, 0.3) is 19.5 Å². The van der Waals surface area contributed by atoms with Gasteiger partial charge < -0.3 is 19.8 Å². The van der Waals surface area contributed by atoms with Gasteiger partial charge in [0.15, 0.2) is 6.10 Å². The van der Waals surface area contributed by atoms with E-state index in [2.05, 4.69) is 17.6 Å². The molecule has 2 amide bonds. The highest BCUT2D eigenvalue weighted by molar-refractivity contribution is 7.64. The molecular formula is C34H42N2O6P+. The summed E-state index contributed by atoms with van der Waals surface area (Å²) in [6.45, 7) is 6.41. The third-order valence-corrected chi connectivity index (χ3v) is 8.96. The Bertz CT molecular complexity index is 1430. The van der Waals surface area contributed by atoms with Crippen LogP contribution in [0.3, 0.4) is 0 Å². The lowest BCUT2D eigenvalue weighted by molar-refractivity contribution is -0.123. The van der Waals surface area contributed by atoms with E-state index in [0.29, 0.717) is 42.7 Å². The molecule has 0 bridgehead atoms. The maximum Gasteiger partial charge on any atom is 0.270 e. The van der Waals surface area contributed by atoms with Crippen molar-refractivity contribution in [3.05, 3.63) is 84.4 Å². The number of ether oxygens (including phenoxy) is 1. The molecule has 228 valence electrons. The quantitative estimate of drug-likeness (QED) is 0.0892. The summed E-state index contributed by atoms with van der Waals surface area (Å²) >= 11 is 0. The Labute approximate surface area is 254 Å². The average molecular weight is 606 g/mol. The van der Waals surface area contributed by atoms with E-state index < -0.39 is 13.8 Å². The molecule has 1 aromatic heterocycles. The summed E-state index contributed by atoms with van der Waals surface area (Å²) in [5.74, 6) is 0.812. The molecule has 4 rings (SSSR count). The molecule has 2 atom stereocenters. The third kappa shape index (κ3) is 9.65. The first-order valence-corrected chi connectivity index (χ1v) is 17.2. The van der Waals surface area contributed by atoms with Gasteiger partial charge in [0, 0.05) is 22.2 Å². The van der Waals surface area contributed by atoms with E-state index in [1.807, 2.05) is 61.5 Å². The lowest BCUT2D eigenvalue weighted by atomic mass is 10.1. The molecule has 0 aliphatic rings. The molecule has 9 heteroatoms. The Hall–Kier alpha value is -3.71. The standard InChI is InChI=1S/C34H41N2O6P/c1-4-6-7-8-13-31(41-29-20-16-26(17-21-29)33(37)35-22-23-43(3,39)40-5-2)34(38)36-28-18-14-25(15-19-28)32-24-27-11-9-10-12-30(27)42-32/h9-12,14-21,24,31,39H,4-8,13,22-23H2,1-3H3,(H-,35,36,37,38)/p+1. The number of furan rings is 1.